The Morgan fingerprint density at radius 2 is 2.24 bits per heavy atom. The van der Waals surface area contributed by atoms with E-state index in [1.807, 2.05) is 13.0 Å². The molecule has 0 aliphatic heterocycles. The lowest BCUT2D eigenvalue weighted by Gasteiger charge is -2.39. The number of nitrogens with two attached hydrogens (primary N) is 1. The van der Waals surface area contributed by atoms with Crippen LogP contribution in [0.15, 0.2) is 18.2 Å². The predicted octanol–water partition coefficient (Wildman–Crippen LogP) is 3.89. The summed E-state index contributed by atoms with van der Waals surface area (Å²) in [6, 6.07) is 4.99. The lowest BCUT2D eigenvalue weighted by atomic mass is 9.71. The average Bonchev–Trinajstić information content (AvgIpc) is 2.32. The van der Waals surface area contributed by atoms with Crippen LogP contribution in [0.1, 0.15) is 50.2 Å². The monoisotopic (exact) mass is 235 g/mol. The molecular formula is C15H22FN. The molecule has 17 heavy (non-hydrogen) atoms. The maximum absolute atomic E-state index is 13.4. The van der Waals surface area contributed by atoms with Crippen molar-refractivity contribution in [3.05, 3.63) is 35.1 Å². The first-order valence-corrected chi connectivity index (χ1v) is 6.60. The van der Waals surface area contributed by atoms with Crippen LogP contribution >= 0.6 is 0 Å². The second-order valence-electron chi connectivity index (χ2n) is 5.49. The highest BCUT2D eigenvalue weighted by atomic mass is 19.1. The van der Waals surface area contributed by atoms with Gasteiger partial charge in [0.1, 0.15) is 5.82 Å². The summed E-state index contributed by atoms with van der Waals surface area (Å²) in [5.74, 6) is 0.519. The normalized spacial score (nSPS) is 29.3. The van der Waals surface area contributed by atoms with E-state index >= 15 is 0 Å². The molecule has 1 saturated carbocycles. The molecule has 0 heterocycles. The van der Waals surface area contributed by atoms with Gasteiger partial charge in [-0.05, 0) is 48.9 Å². The zero-order chi connectivity index (χ0) is 12.5. The van der Waals surface area contributed by atoms with Crippen LogP contribution in [-0.4, -0.2) is 0 Å². The van der Waals surface area contributed by atoms with Crippen LogP contribution in [0.25, 0.3) is 0 Å². The van der Waals surface area contributed by atoms with Crippen LogP contribution in [0, 0.1) is 18.7 Å². The van der Waals surface area contributed by atoms with E-state index in [-0.39, 0.29) is 11.4 Å². The van der Waals surface area contributed by atoms with E-state index in [1.165, 1.54) is 18.9 Å². The van der Waals surface area contributed by atoms with Gasteiger partial charge in [-0.1, -0.05) is 32.3 Å². The molecule has 1 fully saturated rings. The molecule has 2 rings (SSSR count). The first-order chi connectivity index (χ1) is 8.05. The SMILES string of the molecule is CCC1CCCC(N)(c2cc(F)ccc2C)C1. The Bertz CT molecular complexity index is 402. The van der Waals surface area contributed by atoms with Gasteiger partial charge in [0, 0.05) is 5.54 Å². The Balaban J connectivity index is 2.33. The number of rotatable bonds is 2. The Labute approximate surface area is 103 Å². The third-order valence-corrected chi connectivity index (χ3v) is 4.20. The molecule has 2 atom stereocenters. The fraction of sp³-hybridized carbons (Fsp3) is 0.600. The summed E-state index contributed by atoms with van der Waals surface area (Å²) in [7, 11) is 0. The zero-order valence-electron chi connectivity index (χ0n) is 10.8. The minimum absolute atomic E-state index is 0.172. The first kappa shape index (κ1) is 12.6. The lowest BCUT2D eigenvalue weighted by Crippen LogP contribution is -2.42. The average molecular weight is 235 g/mol. The fourth-order valence-corrected chi connectivity index (χ4v) is 3.15. The number of aryl methyl sites for hydroxylation is 1. The summed E-state index contributed by atoms with van der Waals surface area (Å²) < 4.78 is 13.4. The third-order valence-electron chi connectivity index (χ3n) is 4.20. The molecule has 0 amide bonds. The smallest absolute Gasteiger partial charge is 0.123 e. The Morgan fingerprint density at radius 3 is 2.94 bits per heavy atom. The van der Waals surface area contributed by atoms with Gasteiger partial charge >= 0.3 is 0 Å². The van der Waals surface area contributed by atoms with Gasteiger partial charge in [-0.15, -0.1) is 0 Å². The fourth-order valence-electron chi connectivity index (χ4n) is 3.15. The molecule has 1 nitrogen and oxygen atoms in total. The first-order valence-electron chi connectivity index (χ1n) is 6.60. The molecule has 2 unspecified atom stereocenters. The highest BCUT2D eigenvalue weighted by Crippen LogP contribution is 2.40. The zero-order valence-corrected chi connectivity index (χ0v) is 10.8. The molecule has 94 valence electrons. The van der Waals surface area contributed by atoms with Crippen molar-refractivity contribution < 1.29 is 4.39 Å². The van der Waals surface area contributed by atoms with Crippen LogP contribution in [-0.2, 0) is 5.54 Å². The minimum atomic E-state index is -0.314. The Kier molecular flexibility index (Phi) is 3.53. The van der Waals surface area contributed by atoms with Gasteiger partial charge < -0.3 is 5.73 Å². The van der Waals surface area contributed by atoms with Crippen molar-refractivity contribution in [1.29, 1.82) is 0 Å². The minimum Gasteiger partial charge on any atom is -0.321 e. The molecule has 1 aliphatic rings. The van der Waals surface area contributed by atoms with E-state index in [0.717, 1.165) is 30.4 Å². The quantitative estimate of drug-likeness (QED) is 0.827. The van der Waals surface area contributed by atoms with Gasteiger partial charge in [-0.3, -0.25) is 0 Å². The number of halogens is 1. The summed E-state index contributed by atoms with van der Waals surface area (Å²) in [5, 5.41) is 0. The molecule has 0 aromatic heterocycles. The van der Waals surface area contributed by atoms with Crippen LogP contribution < -0.4 is 5.73 Å². The van der Waals surface area contributed by atoms with Crippen LogP contribution in [0.2, 0.25) is 0 Å². The van der Waals surface area contributed by atoms with Gasteiger partial charge in [-0.25, -0.2) is 4.39 Å². The van der Waals surface area contributed by atoms with Crippen molar-refractivity contribution in [2.75, 3.05) is 0 Å². The van der Waals surface area contributed by atoms with Crippen molar-refractivity contribution >= 4 is 0 Å². The molecule has 0 spiro atoms. The molecule has 2 N–H and O–H groups in total. The Hall–Kier alpha value is -0.890. The highest BCUT2D eigenvalue weighted by Gasteiger charge is 2.34. The molecule has 1 aromatic carbocycles. The number of hydrogen-bond acceptors (Lipinski definition) is 1. The molecular weight excluding hydrogens is 213 g/mol. The van der Waals surface area contributed by atoms with E-state index in [1.54, 1.807) is 6.07 Å². The topological polar surface area (TPSA) is 26.0 Å². The van der Waals surface area contributed by atoms with Crippen LogP contribution in [0.5, 0.6) is 0 Å². The van der Waals surface area contributed by atoms with Gasteiger partial charge in [0.2, 0.25) is 0 Å². The van der Waals surface area contributed by atoms with E-state index in [2.05, 4.69) is 6.92 Å². The van der Waals surface area contributed by atoms with E-state index < -0.39 is 0 Å². The molecule has 0 saturated heterocycles. The predicted molar refractivity (Wildman–Crippen MR) is 69.3 cm³/mol. The van der Waals surface area contributed by atoms with Crippen molar-refractivity contribution in [2.45, 2.75) is 51.5 Å². The molecule has 1 aromatic rings. The van der Waals surface area contributed by atoms with Gasteiger partial charge in [0.05, 0.1) is 0 Å². The molecule has 0 bridgehead atoms. The van der Waals surface area contributed by atoms with Crippen molar-refractivity contribution in [3.8, 4) is 0 Å². The van der Waals surface area contributed by atoms with Crippen molar-refractivity contribution in [1.82, 2.24) is 0 Å². The molecule has 0 radical (unpaired) electrons. The summed E-state index contributed by atoms with van der Waals surface area (Å²) in [5.41, 5.74) is 8.36. The molecule has 1 aliphatic carbocycles. The van der Waals surface area contributed by atoms with Crippen molar-refractivity contribution in [3.63, 3.8) is 0 Å². The van der Waals surface area contributed by atoms with Gasteiger partial charge in [0.25, 0.3) is 0 Å². The second-order valence-corrected chi connectivity index (χ2v) is 5.49. The van der Waals surface area contributed by atoms with Crippen LogP contribution in [0.4, 0.5) is 4.39 Å². The maximum atomic E-state index is 13.4. The number of hydrogen-bond donors (Lipinski definition) is 1. The third kappa shape index (κ3) is 2.52. The van der Waals surface area contributed by atoms with E-state index in [9.17, 15) is 4.39 Å². The Morgan fingerprint density at radius 1 is 1.47 bits per heavy atom. The second kappa shape index (κ2) is 4.77. The lowest BCUT2D eigenvalue weighted by molar-refractivity contribution is 0.220. The molecule has 2 heteroatoms. The largest absolute Gasteiger partial charge is 0.321 e. The summed E-state index contributed by atoms with van der Waals surface area (Å²) in [6.07, 6.45) is 5.57. The summed E-state index contributed by atoms with van der Waals surface area (Å²) >= 11 is 0. The summed E-state index contributed by atoms with van der Waals surface area (Å²) in [4.78, 5) is 0. The van der Waals surface area contributed by atoms with E-state index in [4.69, 9.17) is 5.73 Å². The summed E-state index contributed by atoms with van der Waals surface area (Å²) in [6.45, 7) is 4.24. The number of benzene rings is 1. The van der Waals surface area contributed by atoms with Gasteiger partial charge in [0.15, 0.2) is 0 Å². The van der Waals surface area contributed by atoms with Gasteiger partial charge in [-0.2, -0.15) is 0 Å². The van der Waals surface area contributed by atoms with E-state index in [0.29, 0.717) is 5.92 Å². The highest BCUT2D eigenvalue weighted by molar-refractivity contribution is 5.33. The van der Waals surface area contributed by atoms with Crippen molar-refractivity contribution in [2.24, 2.45) is 11.7 Å². The standard InChI is InChI=1S/C15H22FN/c1-3-12-5-4-8-15(17,10-12)14-9-13(16)7-6-11(14)2/h6-7,9,12H,3-5,8,10,17H2,1-2H3. The van der Waals surface area contributed by atoms with Crippen LogP contribution in [0.3, 0.4) is 0 Å². The maximum Gasteiger partial charge on any atom is 0.123 e.